The molecule has 21 heavy (non-hydrogen) atoms. The molecule has 0 fully saturated rings. The molecule has 1 aliphatic heterocycles. The maximum atomic E-state index is 11.7. The number of rotatable bonds is 3. The van der Waals surface area contributed by atoms with E-state index in [4.69, 9.17) is 9.47 Å². The summed E-state index contributed by atoms with van der Waals surface area (Å²) >= 11 is 0. The Hall–Kier alpha value is -1.59. The molecule has 2 N–H and O–H groups in total. The summed E-state index contributed by atoms with van der Waals surface area (Å²) < 4.78 is 10.6. The largest absolute Gasteiger partial charge is 0.485 e. The van der Waals surface area contributed by atoms with Gasteiger partial charge in [0, 0.05) is 11.6 Å². The zero-order chi connectivity index (χ0) is 15.8. The SMILES string of the molecule is COC(=O)c1ccc2c(c1)C(NC(C)C)C(O)C(C)(C)O2. The van der Waals surface area contributed by atoms with Crippen molar-refractivity contribution < 1.29 is 19.4 Å². The highest BCUT2D eigenvalue weighted by Gasteiger charge is 2.43. The molecule has 2 unspecified atom stereocenters. The molecule has 0 aromatic heterocycles. The molecule has 1 aromatic carbocycles. The Bertz CT molecular complexity index is 539. The second kappa shape index (κ2) is 5.66. The van der Waals surface area contributed by atoms with Gasteiger partial charge in [0.1, 0.15) is 17.5 Å². The Kier molecular flexibility index (Phi) is 4.25. The molecule has 0 amide bonds. The smallest absolute Gasteiger partial charge is 0.337 e. The van der Waals surface area contributed by atoms with Crippen LogP contribution in [0.4, 0.5) is 0 Å². The number of hydrogen-bond acceptors (Lipinski definition) is 5. The van der Waals surface area contributed by atoms with Gasteiger partial charge < -0.3 is 19.9 Å². The van der Waals surface area contributed by atoms with Crippen LogP contribution in [0.15, 0.2) is 18.2 Å². The summed E-state index contributed by atoms with van der Waals surface area (Å²) in [5, 5.41) is 13.9. The maximum absolute atomic E-state index is 11.7. The molecule has 2 atom stereocenters. The monoisotopic (exact) mass is 293 g/mol. The minimum atomic E-state index is -0.722. The zero-order valence-corrected chi connectivity index (χ0v) is 13.1. The van der Waals surface area contributed by atoms with E-state index in [0.717, 1.165) is 5.56 Å². The fourth-order valence-electron chi connectivity index (χ4n) is 2.58. The number of carbonyl (C=O) groups is 1. The van der Waals surface area contributed by atoms with E-state index >= 15 is 0 Å². The van der Waals surface area contributed by atoms with E-state index < -0.39 is 17.7 Å². The number of methoxy groups -OCH3 is 1. The molecular formula is C16H23NO4. The van der Waals surface area contributed by atoms with Crippen LogP contribution in [0, 0.1) is 0 Å². The Labute approximate surface area is 125 Å². The molecule has 5 nitrogen and oxygen atoms in total. The number of nitrogens with one attached hydrogen (secondary N) is 1. The van der Waals surface area contributed by atoms with Gasteiger partial charge in [0.25, 0.3) is 0 Å². The summed E-state index contributed by atoms with van der Waals surface area (Å²) in [5.41, 5.74) is 0.521. The molecule has 0 saturated heterocycles. The van der Waals surface area contributed by atoms with Crippen molar-refractivity contribution in [3.8, 4) is 5.75 Å². The molecule has 1 aliphatic rings. The maximum Gasteiger partial charge on any atom is 0.337 e. The van der Waals surface area contributed by atoms with E-state index in [1.54, 1.807) is 18.2 Å². The lowest BCUT2D eigenvalue weighted by molar-refractivity contribution is -0.0659. The average Bonchev–Trinajstić information content (AvgIpc) is 2.42. The van der Waals surface area contributed by atoms with Crippen molar-refractivity contribution in [2.75, 3.05) is 7.11 Å². The second-order valence-electron chi connectivity index (χ2n) is 6.19. The van der Waals surface area contributed by atoms with E-state index in [-0.39, 0.29) is 12.1 Å². The van der Waals surface area contributed by atoms with Gasteiger partial charge in [-0.1, -0.05) is 13.8 Å². The highest BCUT2D eigenvalue weighted by atomic mass is 16.5. The number of aliphatic hydroxyl groups is 1. The van der Waals surface area contributed by atoms with Crippen molar-refractivity contribution in [1.29, 1.82) is 0 Å². The summed E-state index contributed by atoms with van der Waals surface area (Å²) in [5.74, 6) is 0.275. The Morgan fingerprint density at radius 2 is 2.10 bits per heavy atom. The van der Waals surface area contributed by atoms with Crippen LogP contribution in [0.5, 0.6) is 5.75 Å². The van der Waals surface area contributed by atoms with Crippen molar-refractivity contribution >= 4 is 5.97 Å². The molecule has 0 saturated carbocycles. The molecule has 116 valence electrons. The zero-order valence-electron chi connectivity index (χ0n) is 13.1. The minimum Gasteiger partial charge on any atom is -0.485 e. The number of ether oxygens (including phenoxy) is 2. The number of carbonyl (C=O) groups excluding carboxylic acids is 1. The van der Waals surface area contributed by atoms with Gasteiger partial charge in [0.15, 0.2) is 0 Å². The van der Waals surface area contributed by atoms with Crippen molar-refractivity contribution in [1.82, 2.24) is 5.32 Å². The van der Waals surface area contributed by atoms with Gasteiger partial charge in [-0.05, 0) is 32.0 Å². The van der Waals surface area contributed by atoms with Crippen LogP contribution < -0.4 is 10.1 Å². The Morgan fingerprint density at radius 1 is 1.43 bits per heavy atom. The van der Waals surface area contributed by atoms with Crippen LogP contribution in [0.25, 0.3) is 0 Å². The van der Waals surface area contributed by atoms with E-state index in [0.29, 0.717) is 11.3 Å². The third-order valence-corrected chi connectivity index (χ3v) is 3.68. The third kappa shape index (κ3) is 3.04. The molecule has 0 bridgehead atoms. The van der Waals surface area contributed by atoms with E-state index in [1.807, 2.05) is 27.7 Å². The normalized spacial score (nSPS) is 23.4. The topological polar surface area (TPSA) is 67.8 Å². The lowest BCUT2D eigenvalue weighted by atomic mass is 9.85. The first-order chi connectivity index (χ1) is 9.76. The number of fused-ring (bicyclic) bond motifs is 1. The summed E-state index contributed by atoms with van der Waals surface area (Å²) in [6, 6.07) is 5.04. The first-order valence-corrected chi connectivity index (χ1v) is 7.11. The van der Waals surface area contributed by atoms with Gasteiger partial charge in [-0.25, -0.2) is 4.79 Å². The fourth-order valence-corrected chi connectivity index (χ4v) is 2.58. The number of esters is 1. The Morgan fingerprint density at radius 3 is 2.67 bits per heavy atom. The molecule has 0 spiro atoms. The van der Waals surface area contributed by atoms with Gasteiger partial charge in [0.05, 0.1) is 18.7 Å². The van der Waals surface area contributed by atoms with Crippen LogP contribution in [0.1, 0.15) is 49.7 Å². The molecule has 0 radical (unpaired) electrons. The summed E-state index contributed by atoms with van der Waals surface area (Å²) in [7, 11) is 1.35. The molecule has 0 aliphatic carbocycles. The van der Waals surface area contributed by atoms with Crippen molar-refractivity contribution in [3.63, 3.8) is 0 Å². The highest BCUT2D eigenvalue weighted by Crippen LogP contribution is 2.40. The van der Waals surface area contributed by atoms with Crippen LogP contribution in [0.2, 0.25) is 0 Å². The Balaban J connectivity index is 2.48. The quantitative estimate of drug-likeness (QED) is 0.835. The first-order valence-electron chi connectivity index (χ1n) is 7.11. The fraction of sp³-hybridized carbons (Fsp3) is 0.562. The van der Waals surface area contributed by atoms with Gasteiger partial charge in [0.2, 0.25) is 0 Å². The molecule has 2 rings (SSSR count). The van der Waals surface area contributed by atoms with Crippen molar-refractivity contribution in [3.05, 3.63) is 29.3 Å². The molecule has 5 heteroatoms. The van der Waals surface area contributed by atoms with Crippen molar-refractivity contribution in [2.45, 2.75) is 51.5 Å². The molecule has 1 aromatic rings. The lowest BCUT2D eigenvalue weighted by Gasteiger charge is -2.43. The van der Waals surface area contributed by atoms with Crippen LogP contribution in [-0.2, 0) is 4.74 Å². The van der Waals surface area contributed by atoms with E-state index in [9.17, 15) is 9.90 Å². The standard InChI is InChI=1S/C16H23NO4/c1-9(2)17-13-11-8-10(15(19)20-5)6-7-12(11)21-16(3,4)14(13)18/h6-9,13-14,17-18H,1-5H3. The van der Waals surface area contributed by atoms with Crippen molar-refractivity contribution in [2.24, 2.45) is 0 Å². The minimum absolute atomic E-state index is 0.188. The lowest BCUT2D eigenvalue weighted by Crippen LogP contribution is -2.53. The van der Waals surface area contributed by atoms with Gasteiger partial charge in [-0.15, -0.1) is 0 Å². The third-order valence-electron chi connectivity index (χ3n) is 3.68. The predicted molar refractivity (Wildman–Crippen MR) is 79.5 cm³/mol. The summed E-state index contributed by atoms with van der Waals surface area (Å²) in [4.78, 5) is 11.7. The van der Waals surface area contributed by atoms with E-state index in [2.05, 4.69) is 5.32 Å². The van der Waals surface area contributed by atoms with E-state index in [1.165, 1.54) is 7.11 Å². The van der Waals surface area contributed by atoms with Gasteiger partial charge >= 0.3 is 5.97 Å². The highest BCUT2D eigenvalue weighted by molar-refractivity contribution is 5.89. The second-order valence-corrected chi connectivity index (χ2v) is 6.19. The van der Waals surface area contributed by atoms with Crippen LogP contribution in [0.3, 0.4) is 0 Å². The summed E-state index contributed by atoms with van der Waals surface area (Å²) in [6.07, 6.45) is -0.722. The number of aliphatic hydroxyl groups excluding tert-OH is 1. The molecular weight excluding hydrogens is 270 g/mol. The van der Waals surface area contributed by atoms with Crippen LogP contribution in [-0.4, -0.2) is 35.9 Å². The predicted octanol–water partition coefficient (Wildman–Crippen LogP) is 2.04. The first kappa shape index (κ1) is 15.8. The number of hydrogen-bond donors (Lipinski definition) is 2. The van der Waals surface area contributed by atoms with Crippen LogP contribution >= 0.6 is 0 Å². The summed E-state index contributed by atoms with van der Waals surface area (Å²) in [6.45, 7) is 7.73. The van der Waals surface area contributed by atoms with Gasteiger partial charge in [-0.2, -0.15) is 0 Å². The van der Waals surface area contributed by atoms with Gasteiger partial charge in [-0.3, -0.25) is 0 Å². The molecule has 1 heterocycles. The number of benzene rings is 1. The average molecular weight is 293 g/mol.